The van der Waals surface area contributed by atoms with Crippen molar-refractivity contribution in [2.24, 2.45) is 0 Å². The van der Waals surface area contributed by atoms with Gasteiger partial charge in [-0.15, -0.1) is 11.3 Å². The highest BCUT2D eigenvalue weighted by Gasteiger charge is 2.20. The van der Waals surface area contributed by atoms with Gasteiger partial charge in [-0.25, -0.2) is 15.0 Å². The van der Waals surface area contributed by atoms with Gasteiger partial charge in [0.1, 0.15) is 0 Å². The number of rotatable bonds is 7. The van der Waals surface area contributed by atoms with Gasteiger partial charge in [0.15, 0.2) is 17.5 Å². The molecule has 62 heavy (non-hydrogen) atoms. The minimum atomic E-state index is 0.608. The molecule has 0 unspecified atom stereocenters. The van der Waals surface area contributed by atoms with Crippen molar-refractivity contribution in [2.75, 3.05) is 0 Å². The minimum Gasteiger partial charge on any atom is -0.309 e. The Morgan fingerprint density at radius 3 is 1.47 bits per heavy atom. The van der Waals surface area contributed by atoms with E-state index in [9.17, 15) is 0 Å². The Morgan fingerprint density at radius 1 is 0.290 bits per heavy atom. The molecule has 0 aliphatic heterocycles. The Balaban J connectivity index is 1.05. The van der Waals surface area contributed by atoms with Crippen molar-refractivity contribution in [3.63, 3.8) is 0 Å². The smallest absolute Gasteiger partial charge is 0.164 e. The van der Waals surface area contributed by atoms with Crippen LogP contribution in [0, 0.1) is 0 Å². The van der Waals surface area contributed by atoms with Gasteiger partial charge in [0.25, 0.3) is 0 Å². The van der Waals surface area contributed by atoms with Crippen LogP contribution in [0.2, 0.25) is 0 Å². The molecule has 0 saturated carbocycles. The van der Waals surface area contributed by atoms with Gasteiger partial charge in [-0.2, -0.15) is 0 Å². The molecule has 0 aliphatic rings. The van der Waals surface area contributed by atoms with Crippen LogP contribution >= 0.6 is 11.3 Å². The second-order valence-electron chi connectivity index (χ2n) is 15.6. The van der Waals surface area contributed by atoms with Crippen LogP contribution < -0.4 is 0 Å². The van der Waals surface area contributed by atoms with Gasteiger partial charge >= 0.3 is 0 Å². The zero-order valence-electron chi connectivity index (χ0n) is 33.5. The van der Waals surface area contributed by atoms with Gasteiger partial charge < -0.3 is 4.57 Å². The molecule has 5 heteroatoms. The predicted octanol–water partition coefficient (Wildman–Crippen LogP) is 15.3. The van der Waals surface area contributed by atoms with Crippen LogP contribution in [0.4, 0.5) is 0 Å². The van der Waals surface area contributed by atoms with Crippen molar-refractivity contribution in [1.82, 2.24) is 19.5 Å². The van der Waals surface area contributed by atoms with E-state index in [0.29, 0.717) is 17.5 Å². The summed E-state index contributed by atoms with van der Waals surface area (Å²) in [5, 5.41) is 4.97. The van der Waals surface area contributed by atoms with Crippen molar-refractivity contribution in [3.05, 3.63) is 218 Å². The summed E-state index contributed by atoms with van der Waals surface area (Å²) in [7, 11) is 0. The molecule has 290 valence electrons. The fraction of sp³-hybridized carbons (Fsp3) is 0. The first-order valence-electron chi connectivity index (χ1n) is 20.8. The number of aromatic nitrogens is 4. The molecule has 0 N–H and O–H groups in total. The Labute approximate surface area is 362 Å². The molecule has 0 fully saturated rings. The van der Waals surface area contributed by atoms with Crippen molar-refractivity contribution < 1.29 is 0 Å². The molecule has 9 aromatic carbocycles. The summed E-state index contributed by atoms with van der Waals surface area (Å²) in [6.07, 6.45) is 0. The quantitative estimate of drug-likeness (QED) is 0.161. The standard InChI is InChI=1S/C57H36N4S/c1-3-15-37(16-4-1)39-19-13-21-42(33-39)45-31-29-44(36-52(45)61-50-26-10-7-23-46(50)47-24-8-11-27-51(47)61)57-59-55(38-17-5-2-6-18-38)58-56(60-57)43-22-14-20-40(34-43)41-30-32-54-49(35-41)48-25-9-12-28-53(48)62-54/h1-36H. The summed E-state index contributed by atoms with van der Waals surface area (Å²) in [6, 6.07) is 77.6. The average molecular weight is 809 g/mol. The molecule has 0 aliphatic carbocycles. The third-order valence-corrected chi connectivity index (χ3v) is 13.0. The van der Waals surface area contributed by atoms with Crippen molar-refractivity contribution >= 4 is 53.3 Å². The highest BCUT2D eigenvalue weighted by Crippen LogP contribution is 2.40. The molecule has 0 bridgehead atoms. The van der Waals surface area contributed by atoms with Gasteiger partial charge in [0.2, 0.25) is 0 Å². The predicted molar refractivity (Wildman–Crippen MR) is 260 cm³/mol. The van der Waals surface area contributed by atoms with Gasteiger partial charge in [0, 0.05) is 53.2 Å². The minimum absolute atomic E-state index is 0.608. The molecule has 12 rings (SSSR count). The normalized spacial score (nSPS) is 11.5. The van der Waals surface area contributed by atoms with Gasteiger partial charge in [-0.05, 0) is 76.3 Å². The fourth-order valence-corrected chi connectivity index (χ4v) is 9.96. The lowest BCUT2D eigenvalue weighted by Gasteiger charge is -2.17. The van der Waals surface area contributed by atoms with Crippen LogP contribution in [0.3, 0.4) is 0 Å². The maximum Gasteiger partial charge on any atom is 0.164 e. The Hall–Kier alpha value is -7.99. The lowest BCUT2D eigenvalue weighted by Crippen LogP contribution is -2.02. The van der Waals surface area contributed by atoms with Crippen LogP contribution in [-0.2, 0) is 0 Å². The van der Waals surface area contributed by atoms with E-state index in [1.165, 1.54) is 42.1 Å². The summed E-state index contributed by atoms with van der Waals surface area (Å²) in [6.45, 7) is 0. The van der Waals surface area contributed by atoms with Crippen LogP contribution in [-0.4, -0.2) is 19.5 Å². The summed E-state index contributed by atoms with van der Waals surface area (Å²) in [5.74, 6) is 1.85. The van der Waals surface area contributed by atoms with Gasteiger partial charge in [0.05, 0.1) is 16.7 Å². The van der Waals surface area contributed by atoms with E-state index in [2.05, 4.69) is 205 Å². The summed E-state index contributed by atoms with van der Waals surface area (Å²) < 4.78 is 4.99. The molecule has 0 spiro atoms. The zero-order chi connectivity index (χ0) is 41.0. The van der Waals surface area contributed by atoms with Crippen molar-refractivity contribution in [1.29, 1.82) is 0 Å². The second-order valence-corrected chi connectivity index (χ2v) is 16.7. The molecule has 0 amide bonds. The third-order valence-electron chi connectivity index (χ3n) is 11.9. The molecule has 0 radical (unpaired) electrons. The lowest BCUT2D eigenvalue weighted by molar-refractivity contribution is 1.07. The number of hydrogen-bond donors (Lipinski definition) is 0. The number of thiophene rings is 1. The van der Waals surface area contributed by atoms with E-state index in [1.807, 2.05) is 29.5 Å². The van der Waals surface area contributed by atoms with E-state index < -0.39 is 0 Å². The maximum absolute atomic E-state index is 5.29. The fourth-order valence-electron chi connectivity index (χ4n) is 8.87. The highest BCUT2D eigenvalue weighted by molar-refractivity contribution is 7.25. The Morgan fingerprint density at radius 2 is 0.758 bits per heavy atom. The molecular formula is C57H36N4S. The number of hydrogen-bond acceptors (Lipinski definition) is 4. The first-order valence-corrected chi connectivity index (χ1v) is 21.7. The van der Waals surface area contributed by atoms with Crippen LogP contribution in [0.25, 0.3) is 115 Å². The van der Waals surface area contributed by atoms with E-state index in [-0.39, 0.29) is 0 Å². The van der Waals surface area contributed by atoms with E-state index in [1.54, 1.807) is 0 Å². The molecular weight excluding hydrogens is 773 g/mol. The first-order chi connectivity index (χ1) is 30.7. The SMILES string of the molecule is c1ccc(-c2cccc(-c3ccc(-c4nc(-c5ccccc5)nc(-c5cccc(-c6ccc7sc8ccccc8c7c6)c5)n4)cc3-n3c4ccccc4c4ccccc43)c2)cc1. The topological polar surface area (TPSA) is 43.6 Å². The molecule has 4 nitrogen and oxygen atoms in total. The molecule has 3 heterocycles. The third kappa shape index (κ3) is 6.26. The molecule has 0 atom stereocenters. The van der Waals surface area contributed by atoms with Crippen LogP contribution in [0.5, 0.6) is 0 Å². The van der Waals surface area contributed by atoms with Crippen LogP contribution in [0.1, 0.15) is 0 Å². The molecule has 3 aromatic heterocycles. The molecule has 0 saturated heterocycles. The largest absolute Gasteiger partial charge is 0.309 e. The van der Waals surface area contributed by atoms with Crippen molar-refractivity contribution in [2.45, 2.75) is 0 Å². The van der Waals surface area contributed by atoms with E-state index in [4.69, 9.17) is 15.0 Å². The summed E-state index contributed by atoms with van der Waals surface area (Å²) >= 11 is 1.84. The van der Waals surface area contributed by atoms with E-state index in [0.717, 1.165) is 55.7 Å². The summed E-state index contributed by atoms with van der Waals surface area (Å²) in [5.41, 5.74) is 12.9. The highest BCUT2D eigenvalue weighted by atomic mass is 32.1. The van der Waals surface area contributed by atoms with Gasteiger partial charge in [-0.3, -0.25) is 0 Å². The number of para-hydroxylation sites is 2. The Bertz CT molecular complexity index is 3590. The zero-order valence-corrected chi connectivity index (χ0v) is 34.3. The Kier molecular flexibility index (Phi) is 8.65. The second kappa shape index (κ2) is 14.9. The average Bonchev–Trinajstić information content (AvgIpc) is 3.90. The number of benzene rings is 9. The summed E-state index contributed by atoms with van der Waals surface area (Å²) in [4.78, 5) is 15.6. The first kappa shape index (κ1) is 35.9. The maximum atomic E-state index is 5.29. The molecule has 12 aromatic rings. The van der Waals surface area contributed by atoms with Crippen molar-refractivity contribution in [3.8, 4) is 73.2 Å². The number of nitrogens with zero attached hydrogens (tertiary/aromatic N) is 4. The van der Waals surface area contributed by atoms with Gasteiger partial charge in [-0.1, -0.05) is 170 Å². The van der Waals surface area contributed by atoms with E-state index >= 15 is 0 Å². The lowest BCUT2D eigenvalue weighted by atomic mass is 9.96. The number of fused-ring (bicyclic) bond motifs is 6. The van der Waals surface area contributed by atoms with Crippen LogP contribution in [0.15, 0.2) is 218 Å². The monoisotopic (exact) mass is 808 g/mol.